The third kappa shape index (κ3) is 4.91. The van der Waals surface area contributed by atoms with Crippen LogP contribution in [-0.4, -0.2) is 63.9 Å². The van der Waals surface area contributed by atoms with E-state index < -0.39 is 5.54 Å². The first-order valence-electron chi connectivity index (χ1n) is 13.7. The second-order valence-corrected chi connectivity index (χ2v) is 13.0. The molecular formula is C28H42N4O2S. The molecule has 4 heterocycles. The maximum atomic E-state index is 13.9. The second-order valence-electron chi connectivity index (χ2n) is 12.0. The molecule has 7 heteroatoms. The average molecular weight is 499 g/mol. The van der Waals surface area contributed by atoms with Crippen LogP contribution in [0, 0.1) is 17.8 Å². The fraction of sp³-hybridized carbons (Fsp3) is 0.714. The monoisotopic (exact) mass is 498 g/mol. The number of amides is 2. The lowest BCUT2D eigenvalue weighted by Gasteiger charge is -2.45. The molecule has 1 saturated heterocycles. The molecule has 0 bridgehead atoms. The summed E-state index contributed by atoms with van der Waals surface area (Å²) >= 11 is 1.66. The van der Waals surface area contributed by atoms with E-state index in [1.165, 1.54) is 6.42 Å². The molecule has 1 saturated carbocycles. The van der Waals surface area contributed by atoms with Gasteiger partial charge in [-0.25, -0.2) is 0 Å². The van der Waals surface area contributed by atoms with Crippen LogP contribution in [0.5, 0.6) is 0 Å². The normalized spacial score (nSPS) is 32.1. The predicted octanol–water partition coefficient (Wildman–Crippen LogP) is 4.98. The lowest BCUT2D eigenvalue weighted by Crippen LogP contribution is -2.65. The van der Waals surface area contributed by atoms with Crippen LogP contribution >= 0.6 is 11.3 Å². The van der Waals surface area contributed by atoms with Crippen molar-refractivity contribution in [2.75, 3.05) is 26.2 Å². The van der Waals surface area contributed by atoms with E-state index in [0.717, 1.165) is 85.4 Å². The van der Waals surface area contributed by atoms with Crippen LogP contribution in [0.25, 0.3) is 10.2 Å². The van der Waals surface area contributed by atoms with Crippen molar-refractivity contribution in [2.24, 2.45) is 17.8 Å². The largest absolute Gasteiger partial charge is 0.351 e. The Labute approximate surface area is 214 Å². The minimum absolute atomic E-state index is 0.00468. The molecule has 6 nitrogen and oxygen atoms in total. The molecule has 1 N–H and O–H groups in total. The van der Waals surface area contributed by atoms with Crippen LogP contribution in [0.1, 0.15) is 76.7 Å². The molecule has 3 atom stereocenters. The van der Waals surface area contributed by atoms with E-state index in [0.29, 0.717) is 13.1 Å². The molecule has 0 radical (unpaired) electrons. The van der Waals surface area contributed by atoms with Crippen LogP contribution in [0.3, 0.4) is 0 Å². The van der Waals surface area contributed by atoms with Crippen molar-refractivity contribution in [3.63, 3.8) is 0 Å². The summed E-state index contributed by atoms with van der Waals surface area (Å²) in [7, 11) is 0. The van der Waals surface area contributed by atoms with Crippen molar-refractivity contribution in [1.82, 2.24) is 19.7 Å². The third-order valence-electron chi connectivity index (χ3n) is 8.69. The van der Waals surface area contributed by atoms with Gasteiger partial charge in [0.1, 0.15) is 11.2 Å². The number of nitrogens with zero attached hydrogens (tertiary/aromatic N) is 3. The zero-order chi connectivity index (χ0) is 24.7. The number of aromatic nitrogens is 1. The molecule has 2 fully saturated rings. The average Bonchev–Trinajstić information content (AvgIpc) is 3.39. The van der Waals surface area contributed by atoms with Gasteiger partial charge in [-0.15, -0.1) is 11.3 Å². The molecule has 2 aromatic rings. The fourth-order valence-electron chi connectivity index (χ4n) is 6.80. The Morgan fingerprint density at radius 2 is 1.80 bits per heavy atom. The molecule has 5 rings (SSSR count). The van der Waals surface area contributed by atoms with Crippen molar-refractivity contribution in [3.8, 4) is 0 Å². The minimum Gasteiger partial charge on any atom is -0.351 e. The maximum absolute atomic E-state index is 13.9. The zero-order valence-electron chi connectivity index (χ0n) is 21.9. The Bertz CT molecular complexity index is 1060. The van der Waals surface area contributed by atoms with Crippen molar-refractivity contribution in [2.45, 2.75) is 84.3 Å². The summed E-state index contributed by atoms with van der Waals surface area (Å²) in [5.41, 5.74) is 0.910. The van der Waals surface area contributed by atoms with Crippen molar-refractivity contribution in [3.05, 3.63) is 23.2 Å². The minimum atomic E-state index is -0.885. The molecular weight excluding hydrogens is 456 g/mol. The highest BCUT2D eigenvalue weighted by atomic mass is 32.1. The Morgan fingerprint density at radius 1 is 1.09 bits per heavy atom. The Morgan fingerprint density at radius 3 is 2.51 bits per heavy atom. The van der Waals surface area contributed by atoms with Crippen molar-refractivity contribution in [1.29, 1.82) is 0 Å². The van der Waals surface area contributed by atoms with Crippen LogP contribution in [0.15, 0.2) is 17.5 Å². The molecule has 0 aromatic carbocycles. The summed E-state index contributed by atoms with van der Waals surface area (Å²) in [4.78, 5) is 32.1. The van der Waals surface area contributed by atoms with Gasteiger partial charge < -0.3 is 19.7 Å². The first kappa shape index (κ1) is 24.8. The van der Waals surface area contributed by atoms with Crippen molar-refractivity contribution < 1.29 is 9.59 Å². The quantitative estimate of drug-likeness (QED) is 0.611. The standard InChI is InChI=1S/C28H42N4O2S/c1-19-6-8-22(9-7-19)29-27(34)28(4)18-31-23-10-13-35-25(23)15-24(31)26(33)32(28)12-5-11-30-16-20(2)14-21(3)17-30/h10,13,15,19-22H,5-9,11-12,14,16-18H2,1-4H3,(H,29,34)/t19?,20?,21?,22?,28-/m1/s1. The van der Waals surface area contributed by atoms with E-state index in [1.54, 1.807) is 11.3 Å². The highest BCUT2D eigenvalue weighted by molar-refractivity contribution is 7.17. The SMILES string of the molecule is CC1CCC(NC(=O)[C@@]2(C)Cn3c(cc4sccc43)C(=O)N2CCCN2CC(C)CC(C)C2)CC1. The summed E-state index contributed by atoms with van der Waals surface area (Å²) in [6, 6.07) is 4.31. The van der Waals surface area contributed by atoms with Gasteiger partial charge >= 0.3 is 0 Å². The van der Waals surface area contributed by atoms with E-state index in [-0.39, 0.29) is 17.9 Å². The molecule has 1 aliphatic carbocycles. The van der Waals surface area contributed by atoms with E-state index in [9.17, 15) is 9.59 Å². The fourth-order valence-corrected chi connectivity index (χ4v) is 7.62. The number of thiophene rings is 1. The lowest BCUT2D eigenvalue weighted by atomic mass is 9.86. The van der Waals surface area contributed by atoms with Gasteiger partial charge in [0, 0.05) is 25.7 Å². The molecule has 0 spiro atoms. The first-order chi connectivity index (χ1) is 16.7. The number of fused-ring (bicyclic) bond motifs is 3. The number of carbonyl (C=O) groups is 2. The number of hydrogen-bond donors (Lipinski definition) is 1. The molecule has 2 unspecified atom stereocenters. The van der Waals surface area contributed by atoms with E-state index in [1.807, 2.05) is 17.9 Å². The topological polar surface area (TPSA) is 57.6 Å². The second kappa shape index (κ2) is 9.89. The number of carbonyl (C=O) groups excluding carboxylic acids is 2. The number of piperidine rings is 1. The van der Waals surface area contributed by atoms with Gasteiger partial charge in [-0.3, -0.25) is 9.59 Å². The summed E-state index contributed by atoms with van der Waals surface area (Å²) in [6.07, 6.45) is 6.58. The first-order valence-corrected chi connectivity index (χ1v) is 14.5. The maximum Gasteiger partial charge on any atom is 0.271 e. The summed E-state index contributed by atoms with van der Waals surface area (Å²) in [6.45, 7) is 13.3. The smallest absolute Gasteiger partial charge is 0.271 e. The predicted molar refractivity (Wildman–Crippen MR) is 143 cm³/mol. The summed E-state index contributed by atoms with van der Waals surface area (Å²) < 4.78 is 3.21. The molecule has 192 valence electrons. The molecule has 3 aliphatic rings. The third-order valence-corrected chi connectivity index (χ3v) is 9.54. The molecule has 2 aromatic heterocycles. The van der Waals surface area contributed by atoms with Gasteiger partial charge in [-0.05, 0) is 87.3 Å². The Hall–Kier alpha value is -1.86. The molecule has 35 heavy (non-hydrogen) atoms. The van der Waals surface area contributed by atoms with Crippen molar-refractivity contribution >= 4 is 33.4 Å². The van der Waals surface area contributed by atoms with Gasteiger partial charge in [-0.2, -0.15) is 0 Å². The number of hydrogen-bond acceptors (Lipinski definition) is 4. The van der Waals surface area contributed by atoms with Crippen LogP contribution in [0.2, 0.25) is 0 Å². The summed E-state index contributed by atoms with van der Waals surface area (Å²) in [5.74, 6) is 2.19. The van der Waals surface area contributed by atoms with E-state index in [4.69, 9.17) is 0 Å². The Balaban J connectivity index is 1.35. The number of nitrogens with one attached hydrogen (secondary N) is 1. The Kier molecular flexibility index (Phi) is 7.01. The molecule has 2 amide bonds. The highest BCUT2D eigenvalue weighted by Crippen LogP contribution is 2.35. The molecule has 2 aliphatic heterocycles. The summed E-state index contributed by atoms with van der Waals surface area (Å²) in [5, 5.41) is 5.43. The number of likely N-dealkylation sites (tertiary alicyclic amines) is 1. The zero-order valence-corrected chi connectivity index (χ0v) is 22.7. The van der Waals surface area contributed by atoms with Crippen LogP contribution in [0.4, 0.5) is 0 Å². The van der Waals surface area contributed by atoms with Gasteiger partial charge in [0.15, 0.2) is 0 Å². The number of rotatable bonds is 6. The van der Waals surface area contributed by atoms with Gasteiger partial charge in [-0.1, -0.05) is 20.8 Å². The van der Waals surface area contributed by atoms with Gasteiger partial charge in [0.05, 0.1) is 16.8 Å². The van der Waals surface area contributed by atoms with E-state index >= 15 is 0 Å². The van der Waals surface area contributed by atoms with Gasteiger partial charge in [0.2, 0.25) is 5.91 Å². The van der Waals surface area contributed by atoms with Crippen LogP contribution in [-0.2, 0) is 11.3 Å². The van der Waals surface area contributed by atoms with Crippen LogP contribution < -0.4 is 5.32 Å². The van der Waals surface area contributed by atoms with Gasteiger partial charge in [0.25, 0.3) is 5.91 Å². The lowest BCUT2D eigenvalue weighted by molar-refractivity contribution is -0.133. The highest BCUT2D eigenvalue weighted by Gasteiger charge is 2.48. The van der Waals surface area contributed by atoms with E-state index in [2.05, 4.69) is 47.0 Å².